The third kappa shape index (κ3) is 4.53. The summed E-state index contributed by atoms with van der Waals surface area (Å²) in [6.07, 6.45) is 8.08. The van der Waals surface area contributed by atoms with Gasteiger partial charge in [-0.3, -0.25) is 0 Å². The standard InChI is InChI=1S/C21H22N2.ClH/c1-3-18-5-9-20(10-6-18)15-22-13-14-23(17-22)16-21-11-7-19(4-2)8-12-21;/h3-14H,1-2,15-17H2;1H. The van der Waals surface area contributed by atoms with Crippen LogP contribution in [0.2, 0.25) is 0 Å². The Bertz CT molecular complexity index is 640. The Hall–Kier alpha value is -2.45. The number of hydrogen-bond acceptors (Lipinski definition) is 2. The molecule has 0 atom stereocenters. The zero-order valence-corrected chi connectivity index (χ0v) is 14.6. The predicted octanol–water partition coefficient (Wildman–Crippen LogP) is 5.14. The van der Waals surface area contributed by atoms with Crippen LogP contribution in [0.3, 0.4) is 0 Å². The van der Waals surface area contributed by atoms with E-state index in [1.165, 1.54) is 11.1 Å². The Labute approximate surface area is 150 Å². The molecule has 0 spiro atoms. The van der Waals surface area contributed by atoms with Gasteiger partial charge in [-0.15, -0.1) is 12.4 Å². The van der Waals surface area contributed by atoms with Crippen molar-refractivity contribution in [2.75, 3.05) is 6.67 Å². The average Bonchev–Trinajstić information content (AvgIpc) is 3.03. The average molecular weight is 339 g/mol. The summed E-state index contributed by atoms with van der Waals surface area (Å²) in [5, 5.41) is 0. The molecule has 0 bridgehead atoms. The minimum atomic E-state index is 0. The first-order valence-electron chi connectivity index (χ1n) is 7.86. The highest BCUT2D eigenvalue weighted by molar-refractivity contribution is 5.85. The number of rotatable bonds is 6. The molecule has 124 valence electrons. The zero-order valence-electron chi connectivity index (χ0n) is 13.8. The molecule has 2 aromatic rings. The second kappa shape index (κ2) is 8.42. The summed E-state index contributed by atoms with van der Waals surface area (Å²) < 4.78 is 0. The summed E-state index contributed by atoms with van der Waals surface area (Å²) in [7, 11) is 0. The minimum Gasteiger partial charge on any atom is -0.354 e. The second-order valence-electron chi connectivity index (χ2n) is 5.82. The van der Waals surface area contributed by atoms with Gasteiger partial charge in [-0.1, -0.05) is 73.8 Å². The second-order valence-corrected chi connectivity index (χ2v) is 5.82. The van der Waals surface area contributed by atoms with Crippen molar-refractivity contribution in [2.45, 2.75) is 13.1 Å². The zero-order chi connectivity index (χ0) is 16.1. The van der Waals surface area contributed by atoms with Crippen molar-refractivity contribution in [1.82, 2.24) is 9.80 Å². The third-order valence-corrected chi connectivity index (χ3v) is 4.05. The van der Waals surface area contributed by atoms with Gasteiger partial charge in [0.25, 0.3) is 0 Å². The van der Waals surface area contributed by atoms with E-state index in [2.05, 4.69) is 83.9 Å². The Kier molecular flexibility index (Phi) is 6.28. The summed E-state index contributed by atoms with van der Waals surface area (Å²) >= 11 is 0. The molecule has 0 saturated carbocycles. The largest absolute Gasteiger partial charge is 0.354 e. The monoisotopic (exact) mass is 338 g/mol. The summed E-state index contributed by atoms with van der Waals surface area (Å²) in [4.78, 5) is 4.64. The normalized spacial score (nSPS) is 12.8. The molecule has 0 saturated heterocycles. The van der Waals surface area contributed by atoms with Crippen LogP contribution in [0, 0.1) is 0 Å². The molecular formula is C21H23ClN2. The molecule has 1 heterocycles. The van der Waals surface area contributed by atoms with Crippen LogP contribution in [0.1, 0.15) is 22.3 Å². The van der Waals surface area contributed by atoms with Gasteiger partial charge >= 0.3 is 0 Å². The van der Waals surface area contributed by atoms with Crippen LogP contribution in [0.5, 0.6) is 0 Å². The summed E-state index contributed by atoms with van der Waals surface area (Å²) in [6, 6.07) is 17.1. The van der Waals surface area contributed by atoms with E-state index in [0.29, 0.717) is 0 Å². The molecule has 2 nitrogen and oxygen atoms in total. The molecule has 0 aromatic heterocycles. The highest BCUT2D eigenvalue weighted by Gasteiger charge is 2.12. The predicted molar refractivity (Wildman–Crippen MR) is 105 cm³/mol. The Morgan fingerprint density at radius 3 is 1.42 bits per heavy atom. The fraction of sp³-hybridized carbons (Fsp3) is 0.143. The summed E-state index contributed by atoms with van der Waals surface area (Å²) in [6.45, 7) is 10.4. The van der Waals surface area contributed by atoms with Crippen molar-refractivity contribution in [3.8, 4) is 0 Å². The van der Waals surface area contributed by atoms with Gasteiger partial charge < -0.3 is 9.80 Å². The lowest BCUT2D eigenvalue weighted by Crippen LogP contribution is -2.24. The minimum absolute atomic E-state index is 0. The van der Waals surface area contributed by atoms with E-state index in [0.717, 1.165) is 30.9 Å². The number of benzene rings is 2. The first-order valence-corrected chi connectivity index (χ1v) is 7.86. The third-order valence-electron chi connectivity index (χ3n) is 4.05. The van der Waals surface area contributed by atoms with Crippen molar-refractivity contribution >= 4 is 24.6 Å². The molecular weight excluding hydrogens is 316 g/mol. The lowest BCUT2D eigenvalue weighted by Gasteiger charge is -2.21. The van der Waals surface area contributed by atoms with Gasteiger partial charge in [-0.05, 0) is 22.3 Å². The van der Waals surface area contributed by atoms with E-state index in [4.69, 9.17) is 0 Å². The quantitative estimate of drug-likeness (QED) is 0.719. The lowest BCUT2D eigenvalue weighted by atomic mass is 10.1. The van der Waals surface area contributed by atoms with Gasteiger partial charge in [0, 0.05) is 25.5 Å². The van der Waals surface area contributed by atoms with Crippen LogP contribution in [-0.4, -0.2) is 16.5 Å². The van der Waals surface area contributed by atoms with Gasteiger partial charge in [0.15, 0.2) is 0 Å². The SMILES string of the molecule is C=Cc1ccc(CN2C=CN(Cc3ccc(C=C)cc3)C2)cc1.Cl. The molecule has 0 aliphatic carbocycles. The molecule has 0 fully saturated rings. The number of halogens is 1. The van der Waals surface area contributed by atoms with Crippen molar-refractivity contribution in [3.05, 3.63) is 96.3 Å². The molecule has 0 amide bonds. The Morgan fingerprint density at radius 1 is 0.708 bits per heavy atom. The van der Waals surface area contributed by atoms with E-state index >= 15 is 0 Å². The van der Waals surface area contributed by atoms with Crippen LogP contribution in [0.25, 0.3) is 12.2 Å². The maximum Gasteiger partial charge on any atom is 0.0900 e. The van der Waals surface area contributed by atoms with Crippen molar-refractivity contribution in [2.24, 2.45) is 0 Å². The van der Waals surface area contributed by atoms with E-state index in [9.17, 15) is 0 Å². The van der Waals surface area contributed by atoms with Gasteiger partial charge in [0.05, 0.1) is 6.67 Å². The van der Waals surface area contributed by atoms with Gasteiger partial charge in [0.2, 0.25) is 0 Å². The molecule has 2 aromatic carbocycles. The van der Waals surface area contributed by atoms with Gasteiger partial charge in [-0.2, -0.15) is 0 Å². The van der Waals surface area contributed by atoms with Crippen molar-refractivity contribution in [1.29, 1.82) is 0 Å². The first kappa shape index (κ1) is 17.9. The molecule has 3 rings (SSSR count). The van der Waals surface area contributed by atoms with Crippen LogP contribution in [0.4, 0.5) is 0 Å². The maximum absolute atomic E-state index is 3.79. The van der Waals surface area contributed by atoms with E-state index in [-0.39, 0.29) is 12.4 Å². The van der Waals surface area contributed by atoms with Gasteiger partial charge in [0.1, 0.15) is 0 Å². The molecule has 1 aliphatic rings. The van der Waals surface area contributed by atoms with E-state index < -0.39 is 0 Å². The first-order chi connectivity index (χ1) is 11.3. The van der Waals surface area contributed by atoms with Crippen LogP contribution < -0.4 is 0 Å². The molecule has 24 heavy (non-hydrogen) atoms. The van der Waals surface area contributed by atoms with Gasteiger partial charge in [-0.25, -0.2) is 0 Å². The highest BCUT2D eigenvalue weighted by atomic mass is 35.5. The molecule has 0 radical (unpaired) electrons. The smallest absolute Gasteiger partial charge is 0.0900 e. The Morgan fingerprint density at radius 2 is 1.08 bits per heavy atom. The Balaban J connectivity index is 0.00000208. The van der Waals surface area contributed by atoms with Crippen LogP contribution in [0.15, 0.2) is 74.1 Å². The van der Waals surface area contributed by atoms with Crippen molar-refractivity contribution in [3.63, 3.8) is 0 Å². The van der Waals surface area contributed by atoms with Crippen LogP contribution >= 0.6 is 12.4 Å². The topological polar surface area (TPSA) is 6.48 Å². The van der Waals surface area contributed by atoms with E-state index in [1.54, 1.807) is 0 Å². The fourth-order valence-electron chi connectivity index (χ4n) is 2.71. The molecule has 0 unspecified atom stereocenters. The fourth-order valence-corrected chi connectivity index (χ4v) is 2.71. The molecule has 0 N–H and O–H groups in total. The summed E-state index contributed by atoms with van der Waals surface area (Å²) in [5.74, 6) is 0. The lowest BCUT2D eigenvalue weighted by molar-refractivity contribution is 0.255. The number of nitrogens with zero attached hydrogens (tertiary/aromatic N) is 2. The molecule has 1 aliphatic heterocycles. The van der Waals surface area contributed by atoms with Crippen LogP contribution in [-0.2, 0) is 13.1 Å². The van der Waals surface area contributed by atoms with E-state index in [1.807, 2.05) is 12.2 Å². The highest BCUT2D eigenvalue weighted by Crippen LogP contribution is 2.16. The number of hydrogen-bond donors (Lipinski definition) is 0. The maximum atomic E-state index is 3.79. The summed E-state index contributed by atoms with van der Waals surface area (Å²) in [5.41, 5.74) is 4.96. The van der Waals surface area contributed by atoms with Crippen molar-refractivity contribution < 1.29 is 0 Å². The molecule has 3 heteroatoms.